The first-order valence-electron chi connectivity index (χ1n) is 8.26. The van der Waals surface area contributed by atoms with Crippen LogP contribution in [0, 0.1) is 5.92 Å². The highest BCUT2D eigenvalue weighted by molar-refractivity contribution is 5.95. The van der Waals surface area contributed by atoms with Crippen molar-refractivity contribution < 1.29 is 4.79 Å². The summed E-state index contributed by atoms with van der Waals surface area (Å²) in [6.45, 7) is 7.09. The smallest absolute Gasteiger partial charge is 0.227 e. The first-order valence-corrected chi connectivity index (χ1v) is 8.26. The van der Waals surface area contributed by atoms with Crippen LogP contribution in [-0.2, 0) is 11.3 Å². The predicted octanol–water partition coefficient (Wildman–Crippen LogP) is 1.40. The van der Waals surface area contributed by atoms with Crippen molar-refractivity contribution in [3.05, 3.63) is 29.8 Å². The normalized spacial score (nSPS) is 28.5. The molecule has 0 saturated carbocycles. The van der Waals surface area contributed by atoms with E-state index in [1.54, 1.807) is 0 Å². The van der Waals surface area contributed by atoms with Crippen molar-refractivity contribution >= 4 is 11.6 Å². The zero-order valence-corrected chi connectivity index (χ0v) is 13.4. The molecule has 2 aliphatic heterocycles. The standard InChI is InChI=1S/C17H26N4O/c1-12-16(13(2)20-19-12)11-18-10-14-5-3-6-15(9-14)21-8-4-7-17(21)22/h3,5-6,9,12-13,16,18-20H,4,7-8,10-11H2,1-2H3. The molecule has 0 radical (unpaired) electrons. The van der Waals surface area contributed by atoms with Crippen LogP contribution in [0.1, 0.15) is 32.3 Å². The van der Waals surface area contributed by atoms with Gasteiger partial charge in [-0.1, -0.05) is 12.1 Å². The molecule has 1 aromatic carbocycles. The molecule has 2 unspecified atom stereocenters. The molecule has 2 atom stereocenters. The molecule has 2 saturated heterocycles. The topological polar surface area (TPSA) is 56.4 Å². The highest BCUT2D eigenvalue weighted by Gasteiger charge is 2.29. The molecule has 0 aliphatic carbocycles. The number of nitrogens with one attached hydrogen (secondary N) is 3. The van der Waals surface area contributed by atoms with Crippen LogP contribution in [0.4, 0.5) is 5.69 Å². The lowest BCUT2D eigenvalue weighted by atomic mass is 9.97. The fraction of sp³-hybridized carbons (Fsp3) is 0.588. The molecule has 2 aliphatic rings. The van der Waals surface area contributed by atoms with Gasteiger partial charge in [-0.05, 0) is 38.0 Å². The third-order valence-corrected chi connectivity index (χ3v) is 4.83. The van der Waals surface area contributed by atoms with Gasteiger partial charge in [-0.2, -0.15) is 0 Å². The maximum absolute atomic E-state index is 11.8. The van der Waals surface area contributed by atoms with Gasteiger partial charge in [-0.15, -0.1) is 0 Å². The van der Waals surface area contributed by atoms with Crippen LogP contribution in [0.5, 0.6) is 0 Å². The van der Waals surface area contributed by atoms with Crippen molar-refractivity contribution in [2.75, 3.05) is 18.0 Å². The Morgan fingerprint density at radius 2 is 2.05 bits per heavy atom. The number of hydrogen-bond donors (Lipinski definition) is 3. The minimum absolute atomic E-state index is 0.246. The fourth-order valence-corrected chi connectivity index (χ4v) is 3.40. The summed E-state index contributed by atoms with van der Waals surface area (Å²) in [5, 5.41) is 3.55. The van der Waals surface area contributed by atoms with Crippen LogP contribution in [0.25, 0.3) is 0 Å². The molecule has 0 aromatic heterocycles. The molecule has 3 rings (SSSR count). The fourth-order valence-electron chi connectivity index (χ4n) is 3.40. The van der Waals surface area contributed by atoms with Gasteiger partial charge in [0, 0.05) is 49.7 Å². The maximum atomic E-state index is 11.8. The molecule has 2 heterocycles. The van der Waals surface area contributed by atoms with Crippen molar-refractivity contribution in [2.45, 2.75) is 45.3 Å². The van der Waals surface area contributed by atoms with E-state index in [0.717, 1.165) is 31.7 Å². The molecule has 3 N–H and O–H groups in total. The highest BCUT2D eigenvalue weighted by atomic mass is 16.2. The van der Waals surface area contributed by atoms with E-state index in [1.165, 1.54) is 5.56 Å². The Labute approximate surface area is 132 Å². The van der Waals surface area contributed by atoms with Crippen LogP contribution in [0.15, 0.2) is 24.3 Å². The molecule has 22 heavy (non-hydrogen) atoms. The Kier molecular flexibility index (Phi) is 4.76. The number of benzene rings is 1. The van der Waals surface area contributed by atoms with E-state index in [1.807, 2.05) is 17.0 Å². The summed E-state index contributed by atoms with van der Waals surface area (Å²) in [7, 11) is 0. The van der Waals surface area contributed by atoms with Crippen molar-refractivity contribution in [3.8, 4) is 0 Å². The average molecular weight is 302 g/mol. The minimum Gasteiger partial charge on any atom is -0.312 e. The van der Waals surface area contributed by atoms with Crippen LogP contribution >= 0.6 is 0 Å². The monoisotopic (exact) mass is 302 g/mol. The van der Waals surface area contributed by atoms with E-state index in [2.05, 4.69) is 42.1 Å². The quantitative estimate of drug-likeness (QED) is 0.770. The maximum Gasteiger partial charge on any atom is 0.227 e. The molecule has 5 heteroatoms. The highest BCUT2D eigenvalue weighted by Crippen LogP contribution is 2.22. The van der Waals surface area contributed by atoms with Gasteiger partial charge in [0.2, 0.25) is 5.91 Å². The van der Waals surface area contributed by atoms with Crippen molar-refractivity contribution in [1.29, 1.82) is 0 Å². The summed E-state index contributed by atoms with van der Waals surface area (Å²) >= 11 is 0. The number of hydrogen-bond acceptors (Lipinski definition) is 4. The summed E-state index contributed by atoms with van der Waals surface area (Å²) in [5.74, 6) is 0.833. The van der Waals surface area contributed by atoms with E-state index < -0.39 is 0 Å². The van der Waals surface area contributed by atoms with Gasteiger partial charge >= 0.3 is 0 Å². The van der Waals surface area contributed by atoms with E-state index in [0.29, 0.717) is 24.4 Å². The lowest BCUT2D eigenvalue weighted by molar-refractivity contribution is -0.117. The summed E-state index contributed by atoms with van der Waals surface area (Å²) in [5.41, 5.74) is 8.84. The molecular formula is C17H26N4O. The molecule has 5 nitrogen and oxygen atoms in total. The van der Waals surface area contributed by atoms with Crippen LogP contribution in [-0.4, -0.2) is 31.1 Å². The Balaban J connectivity index is 1.55. The number of hydrazine groups is 1. The SMILES string of the molecule is CC1NNC(C)C1CNCc1cccc(N2CCCC2=O)c1. The summed E-state index contributed by atoms with van der Waals surface area (Å²) in [6.07, 6.45) is 1.65. The Morgan fingerprint density at radius 1 is 1.27 bits per heavy atom. The molecule has 2 fully saturated rings. The van der Waals surface area contributed by atoms with Crippen molar-refractivity contribution in [2.24, 2.45) is 5.92 Å². The van der Waals surface area contributed by atoms with Gasteiger partial charge in [0.1, 0.15) is 0 Å². The zero-order valence-electron chi connectivity index (χ0n) is 13.4. The van der Waals surface area contributed by atoms with Gasteiger partial charge < -0.3 is 10.2 Å². The first kappa shape index (κ1) is 15.5. The molecule has 120 valence electrons. The molecule has 1 aromatic rings. The summed E-state index contributed by atoms with van der Waals surface area (Å²) in [4.78, 5) is 13.7. The Hall–Kier alpha value is -1.43. The van der Waals surface area contributed by atoms with Crippen LogP contribution in [0.3, 0.4) is 0 Å². The second-order valence-electron chi connectivity index (χ2n) is 6.48. The average Bonchev–Trinajstić information content (AvgIpc) is 3.07. The first-order chi connectivity index (χ1) is 10.6. The van der Waals surface area contributed by atoms with Crippen molar-refractivity contribution in [1.82, 2.24) is 16.2 Å². The van der Waals surface area contributed by atoms with Crippen LogP contribution in [0.2, 0.25) is 0 Å². The Bertz CT molecular complexity index is 523. The van der Waals surface area contributed by atoms with Gasteiger partial charge in [0.25, 0.3) is 0 Å². The lowest BCUT2D eigenvalue weighted by Crippen LogP contribution is -2.33. The third-order valence-electron chi connectivity index (χ3n) is 4.83. The molecule has 0 spiro atoms. The number of anilines is 1. The van der Waals surface area contributed by atoms with Gasteiger partial charge in [0.15, 0.2) is 0 Å². The predicted molar refractivity (Wildman–Crippen MR) is 88.4 cm³/mol. The number of rotatable bonds is 5. The van der Waals surface area contributed by atoms with E-state index in [-0.39, 0.29) is 5.91 Å². The number of nitrogens with zero attached hydrogens (tertiary/aromatic N) is 1. The van der Waals surface area contributed by atoms with Crippen molar-refractivity contribution in [3.63, 3.8) is 0 Å². The Morgan fingerprint density at radius 3 is 2.73 bits per heavy atom. The summed E-state index contributed by atoms with van der Waals surface area (Å²) < 4.78 is 0. The van der Waals surface area contributed by atoms with Crippen LogP contribution < -0.4 is 21.1 Å². The number of carbonyl (C=O) groups is 1. The second-order valence-corrected chi connectivity index (χ2v) is 6.48. The lowest BCUT2D eigenvalue weighted by Gasteiger charge is -2.19. The minimum atomic E-state index is 0.246. The van der Waals surface area contributed by atoms with E-state index >= 15 is 0 Å². The molecule has 0 bridgehead atoms. The van der Waals surface area contributed by atoms with Gasteiger partial charge in [-0.25, -0.2) is 0 Å². The summed E-state index contributed by atoms with van der Waals surface area (Å²) in [6, 6.07) is 9.29. The number of carbonyl (C=O) groups excluding carboxylic acids is 1. The van der Waals surface area contributed by atoms with E-state index in [4.69, 9.17) is 0 Å². The number of amides is 1. The molecule has 1 amide bonds. The zero-order chi connectivity index (χ0) is 15.5. The van der Waals surface area contributed by atoms with Gasteiger partial charge in [-0.3, -0.25) is 15.6 Å². The third kappa shape index (κ3) is 3.32. The second kappa shape index (κ2) is 6.77. The molecular weight excluding hydrogens is 276 g/mol. The largest absolute Gasteiger partial charge is 0.312 e. The van der Waals surface area contributed by atoms with Gasteiger partial charge in [0.05, 0.1) is 0 Å². The van der Waals surface area contributed by atoms with E-state index in [9.17, 15) is 4.79 Å².